The molecule has 118 valence electrons. The highest BCUT2D eigenvalue weighted by Crippen LogP contribution is 2.23. The summed E-state index contributed by atoms with van der Waals surface area (Å²) in [5.41, 5.74) is 0.818. The van der Waals surface area contributed by atoms with Gasteiger partial charge in [0.1, 0.15) is 17.1 Å². The molecule has 23 heavy (non-hydrogen) atoms. The number of halogens is 1. The molecular formula is C18H16INO3. The summed E-state index contributed by atoms with van der Waals surface area (Å²) in [6.07, 6.45) is 0. The molecule has 2 aromatic carbocycles. The number of carbonyl (C=O) groups excluding carboxylic acids is 1. The molecule has 0 aliphatic carbocycles. The first kappa shape index (κ1) is 15.9. The summed E-state index contributed by atoms with van der Waals surface area (Å²) in [5.74, 6) is 1.23. The van der Waals surface area contributed by atoms with E-state index >= 15 is 0 Å². The van der Waals surface area contributed by atoms with E-state index < -0.39 is 0 Å². The number of benzene rings is 2. The van der Waals surface area contributed by atoms with Crippen molar-refractivity contribution in [1.82, 2.24) is 5.32 Å². The lowest BCUT2D eigenvalue weighted by atomic mass is 10.2. The zero-order valence-electron chi connectivity index (χ0n) is 12.6. The van der Waals surface area contributed by atoms with Gasteiger partial charge in [0.2, 0.25) is 0 Å². The minimum atomic E-state index is -0.214. The van der Waals surface area contributed by atoms with Crippen LogP contribution >= 0.6 is 22.6 Å². The molecule has 5 heteroatoms. The summed E-state index contributed by atoms with van der Waals surface area (Å²) in [7, 11) is 0. The molecule has 3 rings (SSSR count). The Morgan fingerprint density at radius 1 is 1.22 bits per heavy atom. The van der Waals surface area contributed by atoms with Crippen LogP contribution in [0.5, 0.6) is 5.75 Å². The fourth-order valence-corrected chi connectivity index (χ4v) is 2.79. The Kier molecular flexibility index (Phi) is 4.85. The van der Waals surface area contributed by atoms with Crippen LogP contribution in [0.1, 0.15) is 18.7 Å². The Morgan fingerprint density at radius 2 is 2.04 bits per heavy atom. The normalized spacial score (nSPS) is 12.1. The highest BCUT2D eigenvalue weighted by Gasteiger charge is 2.14. The number of amides is 1. The zero-order chi connectivity index (χ0) is 16.2. The van der Waals surface area contributed by atoms with Crippen molar-refractivity contribution < 1.29 is 13.9 Å². The molecule has 1 heterocycles. The van der Waals surface area contributed by atoms with E-state index in [1.807, 2.05) is 61.5 Å². The second kappa shape index (κ2) is 7.04. The van der Waals surface area contributed by atoms with Gasteiger partial charge in [-0.25, -0.2) is 0 Å². The van der Waals surface area contributed by atoms with Gasteiger partial charge in [0.05, 0.1) is 6.04 Å². The summed E-state index contributed by atoms with van der Waals surface area (Å²) in [5, 5.41) is 3.91. The second-order valence-corrected chi connectivity index (χ2v) is 6.47. The van der Waals surface area contributed by atoms with Crippen LogP contribution in [0.3, 0.4) is 0 Å². The van der Waals surface area contributed by atoms with Gasteiger partial charge in [-0.1, -0.05) is 24.3 Å². The Bertz CT molecular complexity index is 795. The first-order chi connectivity index (χ1) is 11.1. The smallest absolute Gasteiger partial charge is 0.258 e. The van der Waals surface area contributed by atoms with E-state index in [0.29, 0.717) is 5.75 Å². The maximum atomic E-state index is 12.0. The lowest BCUT2D eigenvalue weighted by molar-refractivity contribution is -0.123. The maximum Gasteiger partial charge on any atom is 0.258 e. The lowest BCUT2D eigenvalue weighted by Gasteiger charge is -2.12. The van der Waals surface area contributed by atoms with E-state index in [2.05, 4.69) is 27.9 Å². The second-order valence-electron chi connectivity index (χ2n) is 5.22. The third-order valence-electron chi connectivity index (χ3n) is 3.41. The van der Waals surface area contributed by atoms with Crippen LogP contribution in [0.4, 0.5) is 0 Å². The summed E-state index contributed by atoms with van der Waals surface area (Å²) >= 11 is 2.20. The molecule has 0 aliphatic rings. The number of furan rings is 1. The van der Waals surface area contributed by atoms with E-state index in [-0.39, 0.29) is 18.6 Å². The molecule has 0 bridgehead atoms. The predicted octanol–water partition coefficient (Wildman–Crippen LogP) is 4.29. The van der Waals surface area contributed by atoms with Crippen LogP contribution in [0.25, 0.3) is 11.0 Å². The maximum absolute atomic E-state index is 12.0. The molecule has 1 N–H and O–H groups in total. The van der Waals surface area contributed by atoms with Crippen molar-refractivity contribution in [2.45, 2.75) is 13.0 Å². The standard InChI is InChI=1S/C18H16INO3/c1-12(17-9-13-5-2-3-8-16(13)23-17)20-18(21)11-22-15-7-4-6-14(19)10-15/h2-10,12H,11H2,1H3,(H,20,21)/t12-/m0/s1. The van der Waals surface area contributed by atoms with E-state index in [0.717, 1.165) is 20.3 Å². The first-order valence-electron chi connectivity index (χ1n) is 7.28. The number of hydrogen-bond acceptors (Lipinski definition) is 3. The molecule has 0 aliphatic heterocycles. The molecule has 0 saturated heterocycles. The van der Waals surface area contributed by atoms with Crippen LogP contribution in [0, 0.1) is 3.57 Å². The summed E-state index contributed by atoms with van der Waals surface area (Å²) in [6.45, 7) is 1.87. The quantitative estimate of drug-likeness (QED) is 0.626. The summed E-state index contributed by atoms with van der Waals surface area (Å²) < 4.78 is 12.3. The summed E-state index contributed by atoms with van der Waals surface area (Å²) in [4.78, 5) is 12.0. The third kappa shape index (κ3) is 4.04. The van der Waals surface area contributed by atoms with Crippen LogP contribution in [0.2, 0.25) is 0 Å². The Hall–Kier alpha value is -2.02. The van der Waals surface area contributed by atoms with Gasteiger partial charge in [-0.3, -0.25) is 4.79 Å². The Morgan fingerprint density at radius 3 is 2.83 bits per heavy atom. The molecule has 0 spiro atoms. The number of ether oxygens (including phenoxy) is 1. The van der Waals surface area contributed by atoms with Gasteiger partial charge in [0, 0.05) is 8.96 Å². The average molecular weight is 421 g/mol. The molecule has 4 nitrogen and oxygen atoms in total. The molecule has 1 atom stereocenters. The highest BCUT2D eigenvalue weighted by molar-refractivity contribution is 14.1. The van der Waals surface area contributed by atoms with Crippen LogP contribution in [-0.4, -0.2) is 12.5 Å². The van der Waals surface area contributed by atoms with E-state index in [9.17, 15) is 4.79 Å². The third-order valence-corrected chi connectivity index (χ3v) is 4.09. The Balaban J connectivity index is 1.58. The number of carbonyl (C=O) groups is 1. The fraction of sp³-hybridized carbons (Fsp3) is 0.167. The SMILES string of the molecule is C[C@H](NC(=O)COc1cccc(I)c1)c1cc2ccccc2o1. The molecular weight excluding hydrogens is 405 g/mol. The van der Waals surface area contributed by atoms with E-state index in [1.54, 1.807) is 0 Å². The van der Waals surface area contributed by atoms with Gasteiger partial charge in [0.25, 0.3) is 5.91 Å². The number of hydrogen-bond donors (Lipinski definition) is 1. The largest absolute Gasteiger partial charge is 0.484 e. The zero-order valence-corrected chi connectivity index (χ0v) is 14.7. The topological polar surface area (TPSA) is 51.5 Å². The van der Waals surface area contributed by atoms with Crippen molar-refractivity contribution in [2.24, 2.45) is 0 Å². The van der Waals surface area contributed by atoms with Crippen molar-refractivity contribution in [3.63, 3.8) is 0 Å². The number of rotatable bonds is 5. The minimum absolute atomic E-state index is 0.0232. The number of fused-ring (bicyclic) bond motifs is 1. The van der Waals surface area contributed by atoms with Gasteiger partial charge in [-0.15, -0.1) is 0 Å². The van der Waals surface area contributed by atoms with Crippen molar-refractivity contribution >= 4 is 39.5 Å². The molecule has 1 aromatic heterocycles. The van der Waals surface area contributed by atoms with Gasteiger partial charge >= 0.3 is 0 Å². The molecule has 1 amide bonds. The molecule has 0 radical (unpaired) electrons. The molecule has 0 fully saturated rings. The molecule has 0 unspecified atom stereocenters. The van der Waals surface area contributed by atoms with Crippen molar-refractivity contribution in [2.75, 3.05) is 6.61 Å². The molecule has 0 saturated carbocycles. The Labute approximate surface area is 148 Å². The number of nitrogens with one attached hydrogen (secondary N) is 1. The van der Waals surface area contributed by atoms with Gasteiger partial charge in [-0.05, 0) is 59.8 Å². The van der Waals surface area contributed by atoms with Gasteiger partial charge in [0.15, 0.2) is 6.61 Å². The van der Waals surface area contributed by atoms with Crippen molar-refractivity contribution in [1.29, 1.82) is 0 Å². The lowest BCUT2D eigenvalue weighted by Crippen LogP contribution is -2.31. The van der Waals surface area contributed by atoms with Crippen molar-refractivity contribution in [3.8, 4) is 5.75 Å². The van der Waals surface area contributed by atoms with Crippen LogP contribution in [0.15, 0.2) is 59.0 Å². The highest BCUT2D eigenvalue weighted by atomic mass is 127. The van der Waals surface area contributed by atoms with E-state index in [1.165, 1.54) is 0 Å². The van der Waals surface area contributed by atoms with Crippen LogP contribution < -0.4 is 10.1 Å². The monoisotopic (exact) mass is 421 g/mol. The molecule has 3 aromatic rings. The first-order valence-corrected chi connectivity index (χ1v) is 8.36. The van der Waals surface area contributed by atoms with E-state index in [4.69, 9.17) is 9.15 Å². The summed E-state index contributed by atoms with van der Waals surface area (Å²) in [6, 6.07) is 17.1. The van der Waals surface area contributed by atoms with Gasteiger partial charge in [-0.2, -0.15) is 0 Å². The number of para-hydroxylation sites is 1. The predicted molar refractivity (Wildman–Crippen MR) is 97.4 cm³/mol. The van der Waals surface area contributed by atoms with Crippen molar-refractivity contribution in [3.05, 3.63) is 63.9 Å². The van der Waals surface area contributed by atoms with Gasteiger partial charge < -0.3 is 14.5 Å². The van der Waals surface area contributed by atoms with Crippen LogP contribution in [-0.2, 0) is 4.79 Å². The average Bonchev–Trinajstić information content (AvgIpc) is 2.97. The fourth-order valence-electron chi connectivity index (χ4n) is 2.28. The minimum Gasteiger partial charge on any atom is -0.484 e.